The van der Waals surface area contributed by atoms with Gasteiger partial charge in [-0.15, -0.1) is 0 Å². The maximum absolute atomic E-state index is 13.8. The lowest BCUT2D eigenvalue weighted by molar-refractivity contribution is -0.132. The number of piperazine rings is 1. The van der Waals surface area contributed by atoms with Crippen molar-refractivity contribution in [2.45, 2.75) is 51.0 Å². The number of halogens is 1. The van der Waals surface area contributed by atoms with Crippen LogP contribution in [0.2, 0.25) is 5.02 Å². The van der Waals surface area contributed by atoms with Crippen molar-refractivity contribution >= 4 is 63.7 Å². The lowest BCUT2D eigenvalue weighted by Gasteiger charge is -2.35. The van der Waals surface area contributed by atoms with Crippen molar-refractivity contribution in [3.8, 4) is 17.2 Å². The predicted molar refractivity (Wildman–Crippen MR) is 238 cm³/mol. The number of para-hydroxylation sites is 1. The van der Waals surface area contributed by atoms with E-state index in [1.54, 1.807) is 42.6 Å². The van der Waals surface area contributed by atoms with Crippen molar-refractivity contribution in [2.24, 2.45) is 0 Å². The van der Waals surface area contributed by atoms with Gasteiger partial charge in [-0.25, -0.2) is 14.8 Å². The first kappa shape index (κ1) is 43.1. The van der Waals surface area contributed by atoms with E-state index in [0.29, 0.717) is 89.1 Å². The third kappa shape index (κ3) is 10.1. The van der Waals surface area contributed by atoms with E-state index in [1.165, 1.54) is 18.3 Å². The van der Waals surface area contributed by atoms with Gasteiger partial charge < -0.3 is 29.6 Å². The molecule has 0 atom stereocenters. The molecule has 0 radical (unpaired) electrons. The molecule has 5 heterocycles. The summed E-state index contributed by atoms with van der Waals surface area (Å²) in [6.45, 7) is 5.05. The second-order valence-corrected chi connectivity index (χ2v) is 16.3. The van der Waals surface area contributed by atoms with Crippen molar-refractivity contribution in [1.82, 2.24) is 35.0 Å². The van der Waals surface area contributed by atoms with Gasteiger partial charge in [-0.2, -0.15) is 0 Å². The molecule has 0 bridgehead atoms. The number of ketones is 1. The molecule has 0 saturated carbocycles. The molecule has 3 aliphatic heterocycles. The molecule has 17 heteroatoms. The Balaban J connectivity index is 0.755. The van der Waals surface area contributed by atoms with Crippen LogP contribution in [-0.2, 0) is 9.59 Å². The highest BCUT2D eigenvalue weighted by atomic mass is 35.5. The molecular weight excluding hydrogens is 826 g/mol. The van der Waals surface area contributed by atoms with E-state index in [1.807, 2.05) is 40.1 Å². The normalized spacial score (nSPS) is 16.3. The number of ether oxygens (including phenoxy) is 2. The van der Waals surface area contributed by atoms with Gasteiger partial charge in [0.05, 0.1) is 28.8 Å². The van der Waals surface area contributed by atoms with Gasteiger partial charge in [0.2, 0.25) is 11.8 Å². The Labute approximate surface area is 369 Å². The molecule has 2 aromatic heterocycles. The van der Waals surface area contributed by atoms with Crippen molar-refractivity contribution in [3.05, 3.63) is 101 Å². The zero-order valence-corrected chi connectivity index (χ0v) is 35.9. The molecule has 5 amide bonds. The Kier molecular flexibility index (Phi) is 13.5. The van der Waals surface area contributed by atoms with Crippen LogP contribution in [0.3, 0.4) is 0 Å². The molecule has 3 fully saturated rings. The fourth-order valence-electron chi connectivity index (χ4n) is 8.36. The number of carbonyl (C=O) groups excluding carboxylic acids is 5. The summed E-state index contributed by atoms with van der Waals surface area (Å²) in [7, 11) is 1.50. The van der Waals surface area contributed by atoms with Crippen LogP contribution in [0.15, 0.2) is 79.3 Å². The molecule has 328 valence electrons. The highest BCUT2D eigenvalue weighted by molar-refractivity contribution is 6.35. The topological polar surface area (TPSA) is 182 Å². The Morgan fingerprint density at radius 1 is 0.841 bits per heavy atom. The SMILES string of the molecule is COc1ccc(C(=O)N2CCN(CCCCCC(=O)N3CCC(Nc4ncnc5[nH]cc(C(=O)c6ccc(Oc7ccccc7)cc6Cl)c45)CC3)CC2)cc1N1CCC(=O)NC1=O. The molecular formula is C46H50ClN9O7. The number of hydrogen-bond donors (Lipinski definition) is 3. The molecule has 3 N–H and O–H groups in total. The highest BCUT2D eigenvalue weighted by Crippen LogP contribution is 2.33. The Morgan fingerprint density at radius 3 is 2.38 bits per heavy atom. The number of aromatic amines is 1. The number of H-pyrrole nitrogens is 1. The summed E-state index contributed by atoms with van der Waals surface area (Å²) < 4.78 is 11.3. The molecule has 63 heavy (non-hydrogen) atoms. The van der Waals surface area contributed by atoms with Crippen LogP contribution < -0.4 is 25.0 Å². The van der Waals surface area contributed by atoms with Crippen LogP contribution in [0.5, 0.6) is 17.2 Å². The molecule has 16 nitrogen and oxygen atoms in total. The van der Waals surface area contributed by atoms with Gasteiger partial charge in [-0.1, -0.05) is 36.2 Å². The first-order valence-corrected chi connectivity index (χ1v) is 21.8. The Hall–Kier alpha value is -6.52. The summed E-state index contributed by atoms with van der Waals surface area (Å²) in [4.78, 5) is 84.2. The second-order valence-electron chi connectivity index (χ2n) is 15.9. The molecule has 3 aliphatic rings. The number of carbonyl (C=O) groups is 5. The van der Waals surface area contributed by atoms with Crippen LogP contribution in [0.4, 0.5) is 16.3 Å². The van der Waals surface area contributed by atoms with Crippen LogP contribution in [0.25, 0.3) is 11.0 Å². The number of aromatic nitrogens is 3. The fourth-order valence-corrected chi connectivity index (χ4v) is 8.62. The second kappa shape index (κ2) is 19.7. The molecule has 3 saturated heterocycles. The standard InChI is InChI=1S/C46H50ClN9O7/c1-62-38-14-11-30(26-37(38)56-21-17-39(57)52-46(56)61)45(60)55-24-22-53(23-25-55)18-7-3-6-10-40(58)54-19-15-31(16-20-54)51-44-41-35(28-48-43(41)49-29-50-44)42(59)34-13-12-33(27-36(34)47)63-32-8-4-2-5-9-32/h2,4-5,8-9,11-14,26-29,31H,3,6-7,10,15-25H2,1H3,(H,52,57,61)(H2,48,49,50,51). The van der Waals surface area contributed by atoms with Crippen molar-refractivity contribution in [1.29, 1.82) is 0 Å². The minimum Gasteiger partial charge on any atom is -0.495 e. The van der Waals surface area contributed by atoms with Gasteiger partial charge in [0, 0.05) is 88.1 Å². The van der Waals surface area contributed by atoms with Gasteiger partial charge in [0.25, 0.3) is 5.91 Å². The molecule has 0 aliphatic carbocycles. The van der Waals surface area contributed by atoms with E-state index >= 15 is 0 Å². The summed E-state index contributed by atoms with van der Waals surface area (Å²) in [5, 5.41) is 6.71. The number of nitrogens with one attached hydrogen (secondary N) is 3. The number of benzene rings is 3. The number of anilines is 2. The van der Waals surface area contributed by atoms with Crippen molar-refractivity contribution < 1.29 is 33.4 Å². The third-order valence-electron chi connectivity index (χ3n) is 11.9. The number of piperidine rings is 1. The van der Waals surface area contributed by atoms with Crippen LogP contribution >= 0.6 is 11.6 Å². The lowest BCUT2D eigenvalue weighted by Crippen LogP contribution is -2.50. The summed E-state index contributed by atoms with van der Waals surface area (Å²) in [5.74, 6) is 1.64. The van der Waals surface area contributed by atoms with E-state index in [4.69, 9.17) is 21.1 Å². The van der Waals surface area contributed by atoms with Gasteiger partial charge in [-0.3, -0.25) is 34.3 Å². The highest BCUT2D eigenvalue weighted by Gasteiger charge is 2.30. The van der Waals surface area contributed by atoms with E-state index < -0.39 is 6.03 Å². The molecule has 3 aromatic carbocycles. The maximum Gasteiger partial charge on any atom is 0.328 e. The average molecular weight is 876 g/mol. The smallest absolute Gasteiger partial charge is 0.328 e. The number of nitrogens with zero attached hydrogens (tertiary/aromatic N) is 6. The van der Waals surface area contributed by atoms with Gasteiger partial charge >= 0.3 is 6.03 Å². The number of hydrogen-bond acceptors (Lipinski definition) is 11. The number of amides is 5. The number of likely N-dealkylation sites (tertiary alicyclic amines) is 1. The number of fused-ring (bicyclic) bond motifs is 1. The van der Waals surface area contributed by atoms with E-state index in [9.17, 15) is 24.0 Å². The van der Waals surface area contributed by atoms with Gasteiger partial charge in [0.1, 0.15) is 35.0 Å². The molecule has 5 aromatic rings. The number of urea groups is 1. The van der Waals surface area contributed by atoms with Gasteiger partial charge in [-0.05, 0) is 74.7 Å². The maximum atomic E-state index is 13.8. The fraction of sp³-hybridized carbons (Fsp3) is 0.370. The zero-order chi connectivity index (χ0) is 43.9. The molecule has 0 spiro atoms. The number of imide groups is 1. The predicted octanol–water partition coefficient (Wildman–Crippen LogP) is 6.51. The quantitative estimate of drug-likeness (QED) is 0.0771. The van der Waals surface area contributed by atoms with Crippen LogP contribution in [-0.4, -0.2) is 125 Å². The zero-order valence-electron chi connectivity index (χ0n) is 35.1. The minimum atomic E-state index is -0.535. The number of rotatable bonds is 15. The average Bonchev–Trinajstić information content (AvgIpc) is 3.74. The van der Waals surface area contributed by atoms with Crippen molar-refractivity contribution in [2.75, 3.05) is 69.7 Å². The van der Waals surface area contributed by atoms with Crippen LogP contribution in [0, 0.1) is 0 Å². The first-order chi connectivity index (χ1) is 30.6. The minimum absolute atomic E-state index is 0.0586. The third-order valence-corrected chi connectivity index (χ3v) is 12.2. The van der Waals surface area contributed by atoms with Crippen LogP contribution in [0.1, 0.15) is 71.2 Å². The van der Waals surface area contributed by atoms with E-state index in [-0.39, 0.29) is 47.5 Å². The number of methoxy groups -OCH3 is 1. The monoisotopic (exact) mass is 875 g/mol. The Bertz CT molecular complexity index is 2480. The van der Waals surface area contributed by atoms with E-state index in [2.05, 4.69) is 30.5 Å². The lowest BCUT2D eigenvalue weighted by atomic mass is 10.0. The number of unbranched alkanes of at least 4 members (excludes halogenated alkanes) is 2. The first-order valence-electron chi connectivity index (χ1n) is 21.4. The summed E-state index contributed by atoms with van der Waals surface area (Å²) >= 11 is 6.61. The largest absolute Gasteiger partial charge is 0.495 e. The summed E-state index contributed by atoms with van der Waals surface area (Å²) in [6.07, 6.45) is 7.97. The summed E-state index contributed by atoms with van der Waals surface area (Å²) in [5.41, 5.74) is 2.19. The molecule has 0 unspecified atom stereocenters. The van der Waals surface area contributed by atoms with Crippen molar-refractivity contribution in [3.63, 3.8) is 0 Å². The Morgan fingerprint density at radius 2 is 1.63 bits per heavy atom. The molecule has 8 rings (SSSR count). The van der Waals surface area contributed by atoms with E-state index in [0.717, 1.165) is 51.7 Å². The summed E-state index contributed by atoms with van der Waals surface area (Å²) in [6, 6.07) is 18.9. The van der Waals surface area contributed by atoms with Gasteiger partial charge in [0.15, 0.2) is 5.78 Å².